The number of benzene rings is 1. The van der Waals surface area contributed by atoms with Crippen molar-refractivity contribution in [2.45, 2.75) is 18.5 Å². The summed E-state index contributed by atoms with van der Waals surface area (Å²) in [7, 11) is 0. The van der Waals surface area contributed by atoms with E-state index in [1.54, 1.807) is 23.2 Å². The number of carbonyl (C=O) groups excluding carboxylic acids is 1. The van der Waals surface area contributed by atoms with Crippen LogP contribution in [0.25, 0.3) is 16.7 Å². The van der Waals surface area contributed by atoms with Gasteiger partial charge in [0, 0.05) is 0 Å². The number of nitrogens with one attached hydrogen (secondary N) is 1. The fraction of sp³-hybridized carbons (Fsp3) is 0.158. The van der Waals surface area contributed by atoms with Crippen molar-refractivity contribution in [1.82, 2.24) is 25.1 Å². The molecule has 7 nitrogen and oxygen atoms in total. The van der Waals surface area contributed by atoms with Crippen LogP contribution in [-0.4, -0.2) is 31.4 Å². The van der Waals surface area contributed by atoms with E-state index < -0.39 is 0 Å². The van der Waals surface area contributed by atoms with Gasteiger partial charge in [-0.25, -0.2) is 14.6 Å². The van der Waals surface area contributed by atoms with E-state index in [9.17, 15) is 4.79 Å². The first-order chi connectivity index (χ1) is 13.2. The Hall–Kier alpha value is -3.13. The lowest BCUT2D eigenvalue weighted by atomic mass is 10.2. The summed E-state index contributed by atoms with van der Waals surface area (Å²) in [6.07, 6.45) is 4.82. The van der Waals surface area contributed by atoms with Crippen molar-refractivity contribution in [2.75, 3.05) is 5.75 Å². The normalized spacial score (nSPS) is 11.0. The molecular weight excluding hydrogens is 362 g/mol. The van der Waals surface area contributed by atoms with E-state index in [4.69, 9.17) is 4.42 Å². The minimum absolute atomic E-state index is 0.0888. The van der Waals surface area contributed by atoms with Crippen LogP contribution in [-0.2, 0) is 11.3 Å². The van der Waals surface area contributed by atoms with Crippen LogP contribution < -0.4 is 5.32 Å². The van der Waals surface area contributed by atoms with Crippen LogP contribution in [0.5, 0.6) is 0 Å². The molecule has 136 valence electrons. The average molecular weight is 379 g/mol. The van der Waals surface area contributed by atoms with E-state index in [-0.39, 0.29) is 11.7 Å². The molecule has 1 amide bonds. The number of amides is 1. The first-order valence-electron chi connectivity index (χ1n) is 8.38. The van der Waals surface area contributed by atoms with Crippen LogP contribution in [0, 0.1) is 6.92 Å². The van der Waals surface area contributed by atoms with Crippen molar-refractivity contribution in [2.24, 2.45) is 0 Å². The predicted octanol–water partition coefficient (Wildman–Crippen LogP) is 3.13. The molecule has 0 bridgehead atoms. The molecule has 0 unspecified atom stereocenters. The smallest absolute Gasteiger partial charge is 0.230 e. The molecule has 0 aliphatic rings. The zero-order chi connectivity index (χ0) is 18.6. The molecule has 27 heavy (non-hydrogen) atoms. The standard InChI is InChI=1S/C19H17N5O2S/c1-13-4-6-14(7-5-13)24-18-16(10-23-24)19(22-12-21-18)27-11-17(25)20-9-15-3-2-8-26-15/h2-8,10,12H,9,11H2,1H3,(H,20,25). The number of rotatable bonds is 6. The molecule has 4 rings (SSSR count). The molecule has 0 saturated heterocycles. The first kappa shape index (κ1) is 17.3. The van der Waals surface area contributed by atoms with Crippen molar-refractivity contribution in [1.29, 1.82) is 0 Å². The molecule has 0 radical (unpaired) electrons. The summed E-state index contributed by atoms with van der Waals surface area (Å²) in [6.45, 7) is 2.41. The molecule has 3 aromatic heterocycles. The van der Waals surface area contributed by atoms with Crippen LogP contribution >= 0.6 is 11.8 Å². The first-order valence-corrected chi connectivity index (χ1v) is 9.37. The third-order valence-corrected chi connectivity index (χ3v) is 4.99. The molecule has 4 aromatic rings. The van der Waals surface area contributed by atoms with Crippen molar-refractivity contribution < 1.29 is 9.21 Å². The van der Waals surface area contributed by atoms with Gasteiger partial charge in [-0.15, -0.1) is 0 Å². The maximum atomic E-state index is 12.1. The van der Waals surface area contributed by atoms with Crippen molar-refractivity contribution in [3.63, 3.8) is 0 Å². The Morgan fingerprint density at radius 3 is 2.85 bits per heavy atom. The molecule has 0 atom stereocenters. The number of carbonyl (C=O) groups is 1. The van der Waals surface area contributed by atoms with Gasteiger partial charge < -0.3 is 9.73 Å². The van der Waals surface area contributed by atoms with Crippen LogP contribution in [0.4, 0.5) is 0 Å². The van der Waals surface area contributed by atoms with Gasteiger partial charge in [-0.2, -0.15) is 5.10 Å². The van der Waals surface area contributed by atoms with Gasteiger partial charge in [0.15, 0.2) is 5.65 Å². The molecule has 0 fully saturated rings. The number of hydrogen-bond acceptors (Lipinski definition) is 6. The summed E-state index contributed by atoms with van der Waals surface area (Å²) in [4.78, 5) is 20.7. The third-order valence-electron chi connectivity index (χ3n) is 3.99. The molecule has 3 heterocycles. The summed E-state index contributed by atoms with van der Waals surface area (Å²) in [5.41, 5.74) is 2.83. The zero-order valence-electron chi connectivity index (χ0n) is 14.6. The molecule has 1 N–H and O–H groups in total. The number of aromatic nitrogens is 4. The van der Waals surface area contributed by atoms with E-state index >= 15 is 0 Å². The lowest BCUT2D eigenvalue weighted by molar-refractivity contribution is -0.118. The van der Waals surface area contributed by atoms with Crippen molar-refractivity contribution in [3.8, 4) is 5.69 Å². The van der Waals surface area contributed by atoms with E-state index in [1.165, 1.54) is 23.7 Å². The average Bonchev–Trinajstić information content (AvgIpc) is 3.35. The van der Waals surface area contributed by atoms with E-state index in [0.29, 0.717) is 12.2 Å². The molecule has 0 aliphatic heterocycles. The minimum Gasteiger partial charge on any atom is -0.467 e. The number of nitrogens with zero attached hydrogens (tertiary/aromatic N) is 4. The highest BCUT2D eigenvalue weighted by molar-refractivity contribution is 8.00. The largest absolute Gasteiger partial charge is 0.467 e. The second-order valence-corrected chi connectivity index (χ2v) is 6.92. The van der Waals surface area contributed by atoms with Crippen LogP contribution in [0.15, 0.2) is 64.6 Å². The molecule has 0 saturated carbocycles. The van der Waals surface area contributed by atoms with E-state index in [0.717, 1.165) is 21.9 Å². The second-order valence-electron chi connectivity index (χ2n) is 5.95. The van der Waals surface area contributed by atoms with E-state index in [1.807, 2.05) is 37.3 Å². The summed E-state index contributed by atoms with van der Waals surface area (Å²) in [6, 6.07) is 11.7. The molecule has 0 spiro atoms. The van der Waals surface area contributed by atoms with Gasteiger partial charge in [0.1, 0.15) is 17.1 Å². The maximum Gasteiger partial charge on any atom is 0.230 e. The van der Waals surface area contributed by atoms with E-state index in [2.05, 4.69) is 20.4 Å². The summed E-state index contributed by atoms with van der Waals surface area (Å²) >= 11 is 1.36. The fourth-order valence-electron chi connectivity index (χ4n) is 2.60. The van der Waals surface area contributed by atoms with Gasteiger partial charge in [-0.1, -0.05) is 29.5 Å². The Kier molecular flexibility index (Phi) is 4.88. The number of furan rings is 1. The Balaban J connectivity index is 1.48. The molecular formula is C19H17N5O2S. The number of aryl methyl sites for hydroxylation is 1. The van der Waals surface area contributed by atoms with Crippen LogP contribution in [0.2, 0.25) is 0 Å². The Bertz CT molecular complexity index is 1060. The SMILES string of the molecule is Cc1ccc(-n2ncc3c(SCC(=O)NCc4ccco4)ncnc32)cc1. The molecule has 0 aliphatic carbocycles. The highest BCUT2D eigenvalue weighted by atomic mass is 32.2. The second kappa shape index (κ2) is 7.63. The summed E-state index contributed by atoms with van der Waals surface area (Å²) in [5, 5.41) is 8.81. The number of hydrogen-bond donors (Lipinski definition) is 1. The highest BCUT2D eigenvalue weighted by Crippen LogP contribution is 2.25. The van der Waals surface area contributed by atoms with Gasteiger partial charge in [0.05, 0.1) is 35.8 Å². The molecule has 8 heteroatoms. The highest BCUT2D eigenvalue weighted by Gasteiger charge is 2.13. The third kappa shape index (κ3) is 3.85. The quantitative estimate of drug-likeness (QED) is 0.409. The fourth-order valence-corrected chi connectivity index (χ4v) is 3.39. The van der Waals surface area contributed by atoms with Crippen molar-refractivity contribution in [3.05, 3.63) is 66.5 Å². The predicted molar refractivity (Wildman–Crippen MR) is 103 cm³/mol. The Labute approximate surface area is 159 Å². The van der Waals surface area contributed by atoms with Gasteiger partial charge in [-0.05, 0) is 31.2 Å². The monoisotopic (exact) mass is 379 g/mol. The Morgan fingerprint density at radius 2 is 2.07 bits per heavy atom. The number of thioether (sulfide) groups is 1. The van der Waals surface area contributed by atoms with Crippen LogP contribution in [0.3, 0.4) is 0 Å². The lowest BCUT2D eigenvalue weighted by Crippen LogP contribution is -2.24. The minimum atomic E-state index is -0.0888. The summed E-state index contributed by atoms with van der Waals surface area (Å²) in [5.74, 6) is 0.883. The van der Waals surface area contributed by atoms with Gasteiger partial charge >= 0.3 is 0 Å². The number of fused-ring (bicyclic) bond motifs is 1. The maximum absolute atomic E-state index is 12.1. The summed E-state index contributed by atoms with van der Waals surface area (Å²) < 4.78 is 6.98. The van der Waals surface area contributed by atoms with Gasteiger partial charge in [0.25, 0.3) is 0 Å². The lowest BCUT2D eigenvalue weighted by Gasteiger charge is -2.05. The Morgan fingerprint density at radius 1 is 1.22 bits per heavy atom. The molecule has 1 aromatic carbocycles. The zero-order valence-corrected chi connectivity index (χ0v) is 15.4. The topological polar surface area (TPSA) is 85.8 Å². The van der Waals surface area contributed by atoms with Gasteiger partial charge in [-0.3, -0.25) is 4.79 Å². The van der Waals surface area contributed by atoms with Crippen molar-refractivity contribution >= 4 is 28.7 Å². The van der Waals surface area contributed by atoms with Crippen LogP contribution in [0.1, 0.15) is 11.3 Å². The van der Waals surface area contributed by atoms with Gasteiger partial charge in [0.2, 0.25) is 5.91 Å².